The van der Waals surface area contributed by atoms with Crippen LogP contribution >= 0.6 is 0 Å². The molecule has 0 aliphatic heterocycles. The van der Waals surface area contributed by atoms with E-state index in [-0.39, 0.29) is 6.61 Å². The number of carbonyl (C=O) groups is 1. The lowest BCUT2D eigenvalue weighted by molar-refractivity contribution is -0.120. The fraction of sp³-hybridized carbons (Fsp3) is 0.875. The maximum absolute atomic E-state index is 10.5. The van der Waals surface area contributed by atoms with Gasteiger partial charge in [-0.3, -0.25) is 4.79 Å². The van der Waals surface area contributed by atoms with Crippen LogP contribution in [0.5, 0.6) is 0 Å². The second-order valence-corrected chi connectivity index (χ2v) is 2.61. The van der Waals surface area contributed by atoms with Crippen LogP contribution in [-0.4, -0.2) is 24.0 Å². The first-order valence-corrected chi connectivity index (χ1v) is 4.14. The summed E-state index contributed by atoms with van der Waals surface area (Å²) >= 11 is 0. The van der Waals surface area contributed by atoms with Gasteiger partial charge in [-0.05, 0) is 12.8 Å². The van der Waals surface area contributed by atoms with Crippen LogP contribution in [0.15, 0.2) is 0 Å². The fourth-order valence-corrected chi connectivity index (χ4v) is 0.946. The summed E-state index contributed by atoms with van der Waals surface area (Å²) in [5, 5.41) is 7.75. The normalized spacial score (nSPS) is 17.1. The SMILES string of the molecule is NCCO.O=C1CCCCC1. The number of ketones is 1. The van der Waals surface area contributed by atoms with Gasteiger partial charge in [0.15, 0.2) is 0 Å². The van der Waals surface area contributed by atoms with Crippen LogP contribution in [0.2, 0.25) is 0 Å². The molecule has 3 N–H and O–H groups in total. The maximum Gasteiger partial charge on any atom is 0.132 e. The Morgan fingerprint density at radius 3 is 1.91 bits per heavy atom. The second-order valence-electron chi connectivity index (χ2n) is 2.61. The lowest BCUT2D eigenvalue weighted by Crippen LogP contribution is -2.02. The minimum atomic E-state index is 0.0972. The highest BCUT2D eigenvalue weighted by molar-refractivity contribution is 5.78. The zero-order valence-corrected chi connectivity index (χ0v) is 6.88. The number of aliphatic hydroxyl groups excluding tert-OH is 1. The summed E-state index contributed by atoms with van der Waals surface area (Å²) in [5.41, 5.74) is 4.78. The van der Waals surface area contributed by atoms with E-state index in [1.807, 2.05) is 0 Å². The molecule has 0 spiro atoms. The van der Waals surface area contributed by atoms with E-state index in [1.54, 1.807) is 0 Å². The molecular formula is C8H17NO2. The largest absolute Gasteiger partial charge is 0.395 e. The Kier molecular flexibility index (Phi) is 7.41. The molecule has 3 nitrogen and oxygen atoms in total. The molecule has 0 saturated heterocycles. The molecule has 3 heteroatoms. The van der Waals surface area contributed by atoms with Gasteiger partial charge in [-0.15, -0.1) is 0 Å². The van der Waals surface area contributed by atoms with Crippen molar-refractivity contribution in [1.82, 2.24) is 0 Å². The summed E-state index contributed by atoms with van der Waals surface area (Å²) in [6.45, 7) is 0.472. The van der Waals surface area contributed by atoms with Crippen LogP contribution < -0.4 is 5.73 Å². The predicted molar refractivity (Wildman–Crippen MR) is 44.2 cm³/mol. The van der Waals surface area contributed by atoms with Crippen molar-refractivity contribution in [1.29, 1.82) is 0 Å². The van der Waals surface area contributed by atoms with Crippen LogP contribution in [0.4, 0.5) is 0 Å². The highest BCUT2D eigenvalue weighted by Crippen LogP contribution is 2.12. The van der Waals surface area contributed by atoms with E-state index in [9.17, 15) is 4.79 Å². The van der Waals surface area contributed by atoms with Crippen molar-refractivity contribution in [2.24, 2.45) is 5.73 Å². The summed E-state index contributed by atoms with van der Waals surface area (Å²) in [6.07, 6.45) is 5.24. The van der Waals surface area contributed by atoms with Gasteiger partial charge in [0.1, 0.15) is 5.78 Å². The molecule has 0 aromatic carbocycles. The molecule has 1 fully saturated rings. The van der Waals surface area contributed by atoms with Crippen LogP contribution in [0, 0.1) is 0 Å². The lowest BCUT2D eigenvalue weighted by Gasteiger charge is -2.05. The maximum atomic E-state index is 10.5. The summed E-state index contributed by atoms with van der Waals surface area (Å²) in [7, 11) is 0. The van der Waals surface area contributed by atoms with Crippen LogP contribution in [0.25, 0.3) is 0 Å². The molecule has 1 saturated carbocycles. The third kappa shape index (κ3) is 7.49. The highest BCUT2D eigenvalue weighted by Gasteiger charge is 2.05. The standard InChI is InChI=1S/C6H10O.C2H7NO/c7-6-4-2-1-3-5-6;3-1-2-4/h1-5H2;4H,1-3H2. The van der Waals surface area contributed by atoms with Gasteiger partial charge in [0.25, 0.3) is 0 Å². The third-order valence-electron chi connectivity index (χ3n) is 1.54. The zero-order valence-electron chi connectivity index (χ0n) is 6.88. The molecule has 66 valence electrons. The van der Waals surface area contributed by atoms with E-state index in [0.29, 0.717) is 12.3 Å². The van der Waals surface area contributed by atoms with Crippen molar-refractivity contribution in [2.45, 2.75) is 32.1 Å². The molecule has 1 aliphatic carbocycles. The molecular weight excluding hydrogens is 142 g/mol. The Balaban J connectivity index is 0.000000218. The number of carbonyl (C=O) groups excluding carboxylic acids is 1. The monoisotopic (exact) mass is 159 g/mol. The summed E-state index contributed by atoms with van der Waals surface area (Å²) in [5.74, 6) is 0.464. The van der Waals surface area contributed by atoms with Crippen LogP contribution in [0.3, 0.4) is 0 Å². The number of hydrogen-bond acceptors (Lipinski definition) is 3. The van der Waals surface area contributed by atoms with Gasteiger partial charge in [0.05, 0.1) is 6.61 Å². The Morgan fingerprint density at radius 1 is 1.27 bits per heavy atom. The van der Waals surface area contributed by atoms with E-state index in [0.717, 1.165) is 25.7 Å². The Bertz CT molecular complexity index is 94.3. The predicted octanol–water partition coefficient (Wildman–Crippen LogP) is 0.457. The van der Waals surface area contributed by atoms with Crippen LogP contribution in [-0.2, 0) is 4.79 Å². The molecule has 0 aromatic heterocycles. The zero-order chi connectivity index (χ0) is 8.53. The molecule has 0 aromatic rings. The van der Waals surface area contributed by atoms with Crippen molar-refractivity contribution in [3.05, 3.63) is 0 Å². The van der Waals surface area contributed by atoms with Crippen molar-refractivity contribution < 1.29 is 9.90 Å². The van der Waals surface area contributed by atoms with Gasteiger partial charge in [-0.25, -0.2) is 0 Å². The first-order chi connectivity index (χ1) is 5.31. The van der Waals surface area contributed by atoms with E-state index in [2.05, 4.69) is 0 Å². The van der Waals surface area contributed by atoms with E-state index in [4.69, 9.17) is 10.8 Å². The number of hydrogen-bond donors (Lipinski definition) is 2. The average molecular weight is 159 g/mol. The van der Waals surface area contributed by atoms with Crippen LogP contribution in [0.1, 0.15) is 32.1 Å². The van der Waals surface area contributed by atoms with E-state index >= 15 is 0 Å². The lowest BCUT2D eigenvalue weighted by atomic mass is 10.00. The van der Waals surface area contributed by atoms with Crippen molar-refractivity contribution >= 4 is 5.78 Å². The van der Waals surface area contributed by atoms with Gasteiger partial charge in [0, 0.05) is 19.4 Å². The number of aliphatic hydroxyl groups is 1. The van der Waals surface area contributed by atoms with Gasteiger partial charge in [-0.2, -0.15) is 0 Å². The first kappa shape index (κ1) is 10.6. The molecule has 0 atom stereocenters. The Morgan fingerprint density at radius 2 is 1.73 bits per heavy atom. The fourth-order valence-electron chi connectivity index (χ4n) is 0.946. The molecule has 0 radical (unpaired) electrons. The molecule has 1 rings (SSSR count). The third-order valence-corrected chi connectivity index (χ3v) is 1.54. The van der Waals surface area contributed by atoms with Gasteiger partial charge >= 0.3 is 0 Å². The summed E-state index contributed by atoms with van der Waals surface area (Å²) < 4.78 is 0. The van der Waals surface area contributed by atoms with Crippen molar-refractivity contribution in [3.8, 4) is 0 Å². The summed E-state index contributed by atoms with van der Waals surface area (Å²) in [6, 6.07) is 0. The smallest absolute Gasteiger partial charge is 0.132 e. The minimum absolute atomic E-state index is 0.0972. The van der Waals surface area contributed by atoms with Crippen molar-refractivity contribution in [3.63, 3.8) is 0 Å². The molecule has 0 unspecified atom stereocenters. The highest BCUT2D eigenvalue weighted by atomic mass is 16.3. The second kappa shape index (κ2) is 7.69. The first-order valence-electron chi connectivity index (χ1n) is 4.14. The van der Waals surface area contributed by atoms with E-state index in [1.165, 1.54) is 6.42 Å². The topological polar surface area (TPSA) is 63.3 Å². The van der Waals surface area contributed by atoms with E-state index < -0.39 is 0 Å². The summed E-state index contributed by atoms with van der Waals surface area (Å²) in [4.78, 5) is 10.5. The number of nitrogens with two attached hydrogens (primary N) is 1. The quantitative estimate of drug-likeness (QED) is 0.584. The molecule has 1 aliphatic rings. The number of Topliss-reactive ketones (excluding diaryl/α,β-unsaturated/α-hetero) is 1. The average Bonchev–Trinajstić information content (AvgIpc) is 2.07. The molecule has 11 heavy (non-hydrogen) atoms. The molecule has 0 heterocycles. The molecule has 0 amide bonds. The minimum Gasteiger partial charge on any atom is -0.395 e. The Labute approximate surface area is 67.6 Å². The van der Waals surface area contributed by atoms with Crippen molar-refractivity contribution in [2.75, 3.05) is 13.2 Å². The Hall–Kier alpha value is -0.410. The van der Waals surface area contributed by atoms with Gasteiger partial charge in [0.2, 0.25) is 0 Å². The molecule has 0 bridgehead atoms. The van der Waals surface area contributed by atoms with Gasteiger partial charge in [-0.1, -0.05) is 6.42 Å². The number of rotatable bonds is 1. The van der Waals surface area contributed by atoms with Gasteiger partial charge < -0.3 is 10.8 Å².